The van der Waals surface area contributed by atoms with E-state index in [1.165, 1.54) is 10.4 Å². The van der Waals surface area contributed by atoms with Crippen molar-refractivity contribution >= 4 is 21.6 Å². The van der Waals surface area contributed by atoms with Crippen LogP contribution < -0.4 is 5.32 Å². The van der Waals surface area contributed by atoms with Gasteiger partial charge in [0.1, 0.15) is 6.10 Å². The maximum atomic E-state index is 12.9. The summed E-state index contributed by atoms with van der Waals surface area (Å²) in [5, 5.41) is 2.72. The maximum absolute atomic E-state index is 12.9. The molecule has 1 saturated heterocycles. The Morgan fingerprint density at radius 3 is 2.67 bits per heavy atom. The van der Waals surface area contributed by atoms with Crippen molar-refractivity contribution < 1.29 is 17.9 Å². The van der Waals surface area contributed by atoms with E-state index in [9.17, 15) is 13.2 Å². The molecule has 1 aliphatic rings. The van der Waals surface area contributed by atoms with Crippen molar-refractivity contribution in [2.75, 3.05) is 44.6 Å². The summed E-state index contributed by atoms with van der Waals surface area (Å²) in [6, 6.07) is 6.35. The smallest absolute Gasteiger partial charge is 0.253 e. The summed E-state index contributed by atoms with van der Waals surface area (Å²) in [7, 11) is -3.58. The molecule has 1 N–H and O–H groups in total. The fourth-order valence-corrected chi connectivity index (χ4v) is 4.29. The second-order valence-corrected chi connectivity index (χ2v) is 8.38. The molecule has 0 spiro atoms. The molecular formula is C19H29N3O4S. The number of nitrogens with one attached hydrogen (secondary N) is 1. The van der Waals surface area contributed by atoms with Crippen LogP contribution in [-0.4, -0.2) is 69.0 Å². The molecule has 0 saturated carbocycles. The molecular weight excluding hydrogens is 366 g/mol. The number of sulfonamides is 1. The number of amides is 1. The highest BCUT2D eigenvalue weighted by Crippen LogP contribution is 2.21. The SMILES string of the molecule is C=CCCOC(C)C(=O)Nc1cccc(S(=O)(=O)N2CCN(CC)CC2)c1. The van der Waals surface area contributed by atoms with Crippen LogP contribution in [0.4, 0.5) is 5.69 Å². The van der Waals surface area contributed by atoms with E-state index >= 15 is 0 Å². The second-order valence-electron chi connectivity index (χ2n) is 6.45. The van der Waals surface area contributed by atoms with Crippen molar-refractivity contribution in [1.82, 2.24) is 9.21 Å². The summed E-state index contributed by atoms with van der Waals surface area (Å²) in [5.41, 5.74) is 0.437. The van der Waals surface area contributed by atoms with E-state index in [2.05, 4.69) is 23.7 Å². The van der Waals surface area contributed by atoms with Gasteiger partial charge in [-0.1, -0.05) is 19.1 Å². The van der Waals surface area contributed by atoms with Crippen LogP contribution in [0.2, 0.25) is 0 Å². The number of carbonyl (C=O) groups excluding carboxylic acids is 1. The van der Waals surface area contributed by atoms with E-state index in [0.29, 0.717) is 31.8 Å². The van der Waals surface area contributed by atoms with E-state index in [4.69, 9.17) is 4.74 Å². The van der Waals surface area contributed by atoms with Crippen molar-refractivity contribution in [1.29, 1.82) is 0 Å². The Morgan fingerprint density at radius 2 is 2.04 bits per heavy atom. The predicted octanol–water partition coefficient (Wildman–Crippen LogP) is 1.93. The molecule has 0 bridgehead atoms. The van der Waals surface area contributed by atoms with E-state index in [0.717, 1.165) is 19.6 Å². The molecule has 0 radical (unpaired) electrons. The Kier molecular flexibility index (Phi) is 7.97. The third kappa shape index (κ3) is 5.87. The van der Waals surface area contributed by atoms with Crippen molar-refractivity contribution in [3.8, 4) is 0 Å². The van der Waals surface area contributed by atoms with Gasteiger partial charge in [0, 0.05) is 31.9 Å². The lowest BCUT2D eigenvalue weighted by Crippen LogP contribution is -2.48. The number of anilines is 1. The van der Waals surface area contributed by atoms with Gasteiger partial charge in [0.2, 0.25) is 10.0 Å². The summed E-state index contributed by atoms with van der Waals surface area (Å²) in [6.07, 6.45) is 1.75. The summed E-state index contributed by atoms with van der Waals surface area (Å²) in [4.78, 5) is 14.6. The van der Waals surface area contributed by atoms with Gasteiger partial charge in [-0.25, -0.2) is 8.42 Å². The number of carbonyl (C=O) groups is 1. The molecule has 1 aliphatic heterocycles. The molecule has 1 aromatic rings. The molecule has 1 unspecified atom stereocenters. The first kappa shape index (κ1) is 21.6. The van der Waals surface area contributed by atoms with Gasteiger partial charge >= 0.3 is 0 Å². The topological polar surface area (TPSA) is 78.9 Å². The molecule has 1 atom stereocenters. The van der Waals surface area contributed by atoms with Gasteiger partial charge in [-0.05, 0) is 38.1 Å². The Bertz CT molecular complexity index is 743. The van der Waals surface area contributed by atoms with Crippen LogP contribution in [0, 0.1) is 0 Å². The fourth-order valence-electron chi connectivity index (χ4n) is 2.82. The first-order valence-corrected chi connectivity index (χ1v) is 10.7. The van der Waals surface area contributed by atoms with Gasteiger partial charge in [-0.3, -0.25) is 4.79 Å². The number of piperazine rings is 1. The molecule has 0 aliphatic carbocycles. The standard InChI is InChI=1S/C19H29N3O4S/c1-4-6-14-26-16(3)19(23)20-17-8-7-9-18(15-17)27(24,25)22-12-10-21(5-2)11-13-22/h4,7-9,15-16H,1,5-6,10-14H2,2-3H3,(H,20,23). The normalized spacial score (nSPS) is 17.4. The highest BCUT2D eigenvalue weighted by molar-refractivity contribution is 7.89. The van der Waals surface area contributed by atoms with Crippen LogP contribution in [-0.2, 0) is 19.6 Å². The lowest BCUT2D eigenvalue weighted by molar-refractivity contribution is -0.126. The fraction of sp³-hybridized carbons (Fsp3) is 0.526. The number of ether oxygens (including phenoxy) is 1. The van der Waals surface area contributed by atoms with Gasteiger partial charge in [0.05, 0.1) is 11.5 Å². The molecule has 27 heavy (non-hydrogen) atoms. The van der Waals surface area contributed by atoms with Gasteiger partial charge in [-0.2, -0.15) is 4.31 Å². The van der Waals surface area contributed by atoms with Crippen LogP contribution in [0.5, 0.6) is 0 Å². The van der Waals surface area contributed by atoms with E-state index in [1.807, 2.05) is 0 Å². The minimum atomic E-state index is -3.58. The molecule has 0 aromatic heterocycles. The third-order valence-corrected chi connectivity index (χ3v) is 6.47. The molecule has 2 rings (SSSR count). The van der Waals surface area contributed by atoms with Gasteiger partial charge in [0.25, 0.3) is 5.91 Å². The quantitative estimate of drug-likeness (QED) is 0.511. The predicted molar refractivity (Wildman–Crippen MR) is 106 cm³/mol. The zero-order valence-electron chi connectivity index (χ0n) is 16.1. The molecule has 150 valence electrons. The van der Waals surface area contributed by atoms with E-state index < -0.39 is 16.1 Å². The number of rotatable bonds is 9. The number of benzene rings is 1. The number of likely N-dealkylation sites (N-methyl/N-ethyl adjacent to an activating group) is 1. The van der Waals surface area contributed by atoms with Crippen LogP contribution >= 0.6 is 0 Å². The zero-order valence-corrected chi connectivity index (χ0v) is 16.9. The van der Waals surface area contributed by atoms with E-state index in [-0.39, 0.29) is 10.8 Å². The maximum Gasteiger partial charge on any atom is 0.253 e. The summed E-state index contributed by atoms with van der Waals surface area (Å²) < 4.78 is 32.7. The monoisotopic (exact) mass is 395 g/mol. The molecule has 1 amide bonds. The number of hydrogen-bond donors (Lipinski definition) is 1. The van der Waals surface area contributed by atoms with Crippen LogP contribution in [0.1, 0.15) is 20.3 Å². The molecule has 7 nitrogen and oxygen atoms in total. The van der Waals surface area contributed by atoms with Crippen molar-refractivity contribution in [2.24, 2.45) is 0 Å². The third-order valence-electron chi connectivity index (χ3n) is 4.58. The minimum Gasteiger partial charge on any atom is -0.368 e. The zero-order chi connectivity index (χ0) is 19.9. The Labute approximate surface area is 162 Å². The van der Waals surface area contributed by atoms with Crippen LogP contribution in [0.3, 0.4) is 0 Å². The van der Waals surface area contributed by atoms with Crippen LogP contribution in [0.15, 0.2) is 41.8 Å². The highest BCUT2D eigenvalue weighted by Gasteiger charge is 2.28. The molecule has 8 heteroatoms. The van der Waals surface area contributed by atoms with Crippen molar-refractivity contribution in [2.45, 2.75) is 31.3 Å². The Morgan fingerprint density at radius 1 is 1.33 bits per heavy atom. The summed E-state index contributed by atoms with van der Waals surface area (Å²) in [5.74, 6) is -0.315. The minimum absolute atomic E-state index is 0.186. The average molecular weight is 396 g/mol. The Balaban J connectivity index is 2.03. The second kappa shape index (κ2) is 9.98. The van der Waals surface area contributed by atoms with E-state index in [1.54, 1.807) is 31.2 Å². The van der Waals surface area contributed by atoms with Gasteiger partial charge in [-0.15, -0.1) is 6.58 Å². The molecule has 1 heterocycles. The van der Waals surface area contributed by atoms with Crippen LogP contribution in [0.25, 0.3) is 0 Å². The summed E-state index contributed by atoms with van der Waals surface area (Å²) >= 11 is 0. The largest absolute Gasteiger partial charge is 0.368 e. The molecule has 1 aromatic carbocycles. The van der Waals surface area contributed by atoms with Crippen molar-refractivity contribution in [3.63, 3.8) is 0 Å². The van der Waals surface area contributed by atoms with Gasteiger partial charge < -0.3 is 15.0 Å². The van der Waals surface area contributed by atoms with Gasteiger partial charge in [0.15, 0.2) is 0 Å². The first-order valence-electron chi connectivity index (χ1n) is 9.24. The van der Waals surface area contributed by atoms with Crippen molar-refractivity contribution in [3.05, 3.63) is 36.9 Å². The summed E-state index contributed by atoms with van der Waals surface area (Å²) in [6.45, 7) is 11.1. The number of hydrogen-bond acceptors (Lipinski definition) is 5. The lowest BCUT2D eigenvalue weighted by Gasteiger charge is -2.33. The average Bonchev–Trinajstić information content (AvgIpc) is 2.68. The number of nitrogens with zero attached hydrogens (tertiary/aromatic N) is 2. The highest BCUT2D eigenvalue weighted by atomic mass is 32.2. The lowest BCUT2D eigenvalue weighted by atomic mass is 10.3. The first-order chi connectivity index (χ1) is 12.9. The molecule has 1 fully saturated rings. The Hall–Kier alpha value is -1.74.